The number of hydrogen-bond donors (Lipinski definition) is 0. The van der Waals surface area contributed by atoms with Gasteiger partial charge in [0.25, 0.3) is 0 Å². The summed E-state index contributed by atoms with van der Waals surface area (Å²) < 4.78 is 2.40. The fourth-order valence-corrected chi connectivity index (χ4v) is 11.1. The molecule has 60 heavy (non-hydrogen) atoms. The molecule has 11 aromatic carbocycles. The molecule has 0 saturated carbocycles. The smallest absolute Gasteiger partial charge is 0.0541 e. The van der Waals surface area contributed by atoms with Crippen LogP contribution in [0.15, 0.2) is 200 Å². The van der Waals surface area contributed by atoms with Gasteiger partial charge in [-0.25, -0.2) is 0 Å². The van der Waals surface area contributed by atoms with Crippen LogP contribution in [0.25, 0.3) is 115 Å². The summed E-state index contributed by atoms with van der Waals surface area (Å²) in [5.41, 5.74) is 14.1. The Morgan fingerprint density at radius 2 is 0.817 bits per heavy atom. The van der Waals surface area contributed by atoms with Crippen molar-refractivity contribution in [3.05, 3.63) is 211 Å². The van der Waals surface area contributed by atoms with Crippen LogP contribution in [-0.2, 0) is 5.41 Å². The van der Waals surface area contributed by atoms with E-state index in [-0.39, 0.29) is 5.41 Å². The van der Waals surface area contributed by atoms with Crippen LogP contribution in [0.5, 0.6) is 0 Å². The molecule has 1 aromatic heterocycles. The van der Waals surface area contributed by atoms with E-state index < -0.39 is 0 Å². The zero-order valence-corrected chi connectivity index (χ0v) is 33.5. The van der Waals surface area contributed by atoms with Crippen LogP contribution in [0.3, 0.4) is 0 Å². The number of benzene rings is 11. The summed E-state index contributed by atoms with van der Waals surface area (Å²) in [4.78, 5) is 0. The lowest BCUT2D eigenvalue weighted by Gasteiger charge is -2.25. The predicted octanol–water partition coefficient (Wildman–Crippen LogP) is 16.2. The molecule has 1 heteroatoms. The van der Waals surface area contributed by atoms with Crippen LogP contribution in [0.1, 0.15) is 25.0 Å². The third-order valence-electron chi connectivity index (χ3n) is 13.7. The second kappa shape index (κ2) is 12.3. The number of nitrogens with zero attached hydrogens (tertiary/aromatic N) is 1. The maximum Gasteiger partial charge on any atom is 0.0541 e. The Balaban J connectivity index is 1.07. The van der Waals surface area contributed by atoms with Crippen LogP contribution in [0, 0.1) is 0 Å². The van der Waals surface area contributed by atoms with Gasteiger partial charge >= 0.3 is 0 Å². The third kappa shape index (κ3) is 4.52. The first-order valence-electron chi connectivity index (χ1n) is 21.1. The molecule has 1 aliphatic carbocycles. The molecule has 12 aromatic rings. The Kier molecular flexibility index (Phi) is 6.85. The third-order valence-corrected chi connectivity index (χ3v) is 13.7. The standard InChI is InChI=1S/C59H39N/c1-59(2)52-35-37-17-7-6-16-36(37)32-51(52)57-43-22-9-8-20-41(43)49-33-38(28-30-48(49)58(57)59)55-44-23-10-12-25-46(44)56(47-26-13-11-24-45(47)55)39-29-31-54-50(34-39)42-21-14-15-27-53(42)60(54)40-18-4-3-5-19-40/h3-35H,1-2H3. The largest absolute Gasteiger partial charge is 0.309 e. The zero-order chi connectivity index (χ0) is 39.7. The lowest BCUT2D eigenvalue weighted by molar-refractivity contribution is 0.667. The van der Waals surface area contributed by atoms with Crippen molar-refractivity contribution < 1.29 is 0 Å². The van der Waals surface area contributed by atoms with Crippen molar-refractivity contribution in [2.24, 2.45) is 0 Å². The molecule has 0 amide bonds. The first kappa shape index (κ1) is 33.5. The minimum atomic E-state index is -0.159. The summed E-state index contributed by atoms with van der Waals surface area (Å²) in [6.07, 6.45) is 0. The van der Waals surface area contributed by atoms with Crippen LogP contribution in [-0.4, -0.2) is 4.57 Å². The van der Waals surface area contributed by atoms with Gasteiger partial charge in [-0.3, -0.25) is 0 Å². The van der Waals surface area contributed by atoms with Gasteiger partial charge in [0, 0.05) is 21.9 Å². The minimum Gasteiger partial charge on any atom is -0.309 e. The molecule has 0 saturated heterocycles. The Hall–Kier alpha value is -7.48. The van der Waals surface area contributed by atoms with Gasteiger partial charge in [-0.1, -0.05) is 166 Å². The summed E-state index contributed by atoms with van der Waals surface area (Å²) in [7, 11) is 0. The van der Waals surface area contributed by atoms with Crippen molar-refractivity contribution in [2.45, 2.75) is 19.3 Å². The van der Waals surface area contributed by atoms with E-state index >= 15 is 0 Å². The highest BCUT2D eigenvalue weighted by atomic mass is 15.0. The van der Waals surface area contributed by atoms with Crippen molar-refractivity contribution in [1.82, 2.24) is 4.57 Å². The second-order valence-corrected chi connectivity index (χ2v) is 17.2. The van der Waals surface area contributed by atoms with Crippen molar-refractivity contribution in [1.29, 1.82) is 0 Å². The highest BCUT2D eigenvalue weighted by Gasteiger charge is 2.39. The van der Waals surface area contributed by atoms with Crippen LogP contribution >= 0.6 is 0 Å². The highest BCUT2D eigenvalue weighted by Crippen LogP contribution is 2.56. The van der Waals surface area contributed by atoms with Gasteiger partial charge in [0.15, 0.2) is 0 Å². The minimum absolute atomic E-state index is 0.159. The van der Waals surface area contributed by atoms with Gasteiger partial charge in [0.1, 0.15) is 0 Å². The number of fused-ring (bicyclic) bond motifs is 14. The first-order chi connectivity index (χ1) is 29.5. The average molecular weight is 762 g/mol. The molecular weight excluding hydrogens is 723 g/mol. The van der Waals surface area contributed by atoms with Crippen molar-refractivity contribution >= 4 is 75.7 Å². The van der Waals surface area contributed by atoms with E-state index in [4.69, 9.17) is 0 Å². The Labute approximate surface area is 348 Å². The quantitative estimate of drug-likeness (QED) is 0.125. The van der Waals surface area contributed by atoms with Crippen LogP contribution < -0.4 is 0 Å². The normalized spacial score (nSPS) is 13.3. The van der Waals surface area contributed by atoms with Crippen LogP contribution in [0.4, 0.5) is 0 Å². The highest BCUT2D eigenvalue weighted by molar-refractivity contribution is 6.24. The second-order valence-electron chi connectivity index (χ2n) is 17.2. The molecule has 1 heterocycles. The molecule has 0 unspecified atom stereocenters. The van der Waals surface area contributed by atoms with Crippen molar-refractivity contribution in [3.8, 4) is 39.1 Å². The fourth-order valence-electron chi connectivity index (χ4n) is 11.1. The molecule has 0 N–H and O–H groups in total. The van der Waals surface area contributed by atoms with E-state index in [1.54, 1.807) is 0 Å². The Morgan fingerprint density at radius 1 is 0.333 bits per heavy atom. The summed E-state index contributed by atoms with van der Waals surface area (Å²) in [6.45, 7) is 4.84. The first-order valence-corrected chi connectivity index (χ1v) is 21.1. The summed E-state index contributed by atoms with van der Waals surface area (Å²) in [5.74, 6) is 0. The SMILES string of the molecule is CC1(C)c2cc3ccccc3cc2-c2c1c1ccc(-c3c4ccccc4c(-c4ccc5c(c4)c4ccccc4n5-c4ccccc4)c4ccccc34)cc1c1ccccc21. The molecule has 0 bridgehead atoms. The number of hydrogen-bond acceptors (Lipinski definition) is 0. The molecule has 0 spiro atoms. The molecule has 0 radical (unpaired) electrons. The Morgan fingerprint density at radius 3 is 1.47 bits per heavy atom. The molecule has 1 aliphatic rings. The van der Waals surface area contributed by atoms with Crippen molar-refractivity contribution in [3.63, 3.8) is 0 Å². The van der Waals surface area contributed by atoms with Crippen molar-refractivity contribution in [2.75, 3.05) is 0 Å². The van der Waals surface area contributed by atoms with Gasteiger partial charge in [-0.05, 0) is 147 Å². The van der Waals surface area contributed by atoms with Gasteiger partial charge in [0.2, 0.25) is 0 Å². The van der Waals surface area contributed by atoms with Crippen LogP contribution in [0.2, 0.25) is 0 Å². The lowest BCUT2D eigenvalue weighted by Crippen LogP contribution is -2.15. The van der Waals surface area contributed by atoms with E-state index in [0.29, 0.717) is 0 Å². The van der Waals surface area contributed by atoms with Gasteiger partial charge in [-0.2, -0.15) is 0 Å². The van der Waals surface area contributed by atoms with E-state index in [2.05, 4.69) is 219 Å². The molecule has 13 rings (SSSR count). The molecule has 280 valence electrons. The topological polar surface area (TPSA) is 4.93 Å². The maximum absolute atomic E-state index is 2.49. The molecule has 0 fully saturated rings. The summed E-state index contributed by atoms with van der Waals surface area (Å²) in [5, 5.41) is 15.5. The van der Waals surface area contributed by atoms with Gasteiger partial charge < -0.3 is 4.57 Å². The molecule has 1 nitrogen and oxygen atoms in total. The average Bonchev–Trinajstić information content (AvgIpc) is 3.75. The monoisotopic (exact) mass is 761 g/mol. The van der Waals surface area contributed by atoms with Gasteiger partial charge in [-0.15, -0.1) is 0 Å². The van der Waals surface area contributed by atoms with E-state index in [0.717, 1.165) is 0 Å². The number of para-hydroxylation sites is 2. The van der Waals surface area contributed by atoms with Gasteiger partial charge in [0.05, 0.1) is 11.0 Å². The van der Waals surface area contributed by atoms with E-state index in [1.807, 2.05) is 0 Å². The van der Waals surface area contributed by atoms with E-state index in [1.165, 1.54) is 126 Å². The summed E-state index contributed by atoms with van der Waals surface area (Å²) in [6, 6.07) is 74.8. The number of rotatable bonds is 3. The zero-order valence-electron chi connectivity index (χ0n) is 33.5. The Bertz CT molecular complexity index is 3730. The van der Waals surface area contributed by atoms with E-state index in [9.17, 15) is 0 Å². The fraction of sp³-hybridized carbons (Fsp3) is 0.0508. The summed E-state index contributed by atoms with van der Waals surface area (Å²) >= 11 is 0. The number of aromatic nitrogens is 1. The lowest BCUT2D eigenvalue weighted by atomic mass is 9.78. The predicted molar refractivity (Wildman–Crippen MR) is 257 cm³/mol. The molecule has 0 atom stereocenters. The molecular formula is C59H39N. The maximum atomic E-state index is 2.49. The molecule has 0 aliphatic heterocycles.